The van der Waals surface area contributed by atoms with E-state index in [2.05, 4.69) is 24.1 Å². The fourth-order valence-corrected chi connectivity index (χ4v) is 2.50. The molecule has 0 aromatic heterocycles. The number of anilines is 2. The van der Waals surface area contributed by atoms with Gasteiger partial charge in [0, 0.05) is 13.1 Å². The Kier molecular flexibility index (Phi) is 5.59. The Morgan fingerprint density at radius 3 is 2.67 bits per heavy atom. The minimum absolute atomic E-state index is 0.121. The van der Waals surface area contributed by atoms with Crippen LogP contribution in [0.4, 0.5) is 11.4 Å². The van der Waals surface area contributed by atoms with Crippen LogP contribution in [0.2, 0.25) is 0 Å². The van der Waals surface area contributed by atoms with Crippen molar-refractivity contribution in [1.82, 2.24) is 0 Å². The van der Waals surface area contributed by atoms with E-state index in [0.29, 0.717) is 12.3 Å². The summed E-state index contributed by atoms with van der Waals surface area (Å²) in [5.74, 6) is 0.282. The SMILES string of the molecule is CC(C)C[C@@H](N)C(=O)Nc1ccccc1N1CCOCC1. The maximum atomic E-state index is 12.2. The Bertz CT molecular complexity index is 470. The summed E-state index contributed by atoms with van der Waals surface area (Å²) in [5, 5.41) is 2.97. The van der Waals surface area contributed by atoms with Gasteiger partial charge in [-0.05, 0) is 24.5 Å². The minimum Gasteiger partial charge on any atom is -0.378 e. The van der Waals surface area contributed by atoms with Crippen LogP contribution in [0.3, 0.4) is 0 Å². The molecule has 3 N–H and O–H groups in total. The van der Waals surface area contributed by atoms with Crippen molar-refractivity contribution in [3.63, 3.8) is 0 Å². The van der Waals surface area contributed by atoms with Crippen LogP contribution in [-0.2, 0) is 9.53 Å². The fourth-order valence-electron chi connectivity index (χ4n) is 2.50. The summed E-state index contributed by atoms with van der Waals surface area (Å²) >= 11 is 0. The molecule has 1 heterocycles. The van der Waals surface area contributed by atoms with Gasteiger partial charge in [0.2, 0.25) is 5.91 Å². The van der Waals surface area contributed by atoms with E-state index in [-0.39, 0.29) is 5.91 Å². The Morgan fingerprint density at radius 1 is 1.33 bits per heavy atom. The summed E-state index contributed by atoms with van der Waals surface area (Å²) in [5.41, 5.74) is 7.80. The van der Waals surface area contributed by atoms with E-state index in [1.807, 2.05) is 24.3 Å². The Hall–Kier alpha value is -1.59. The smallest absolute Gasteiger partial charge is 0.241 e. The van der Waals surface area contributed by atoms with Gasteiger partial charge in [-0.15, -0.1) is 0 Å². The van der Waals surface area contributed by atoms with E-state index in [1.165, 1.54) is 0 Å². The number of hydrogen-bond acceptors (Lipinski definition) is 4. The number of amides is 1. The molecule has 0 radical (unpaired) electrons. The van der Waals surface area contributed by atoms with Gasteiger partial charge in [-0.2, -0.15) is 0 Å². The first-order valence-corrected chi connectivity index (χ1v) is 7.56. The molecule has 0 aliphatic carbocycles. The summed E-state index contributed by atoms with van der Waals surface area (Å²) in [6, 6.07) is 7.38. The van der Waals surface area contributed by atoms with Crippen LogP contribution in [0.15, 0.2) is 24.3 Å². The molecular weight excluding hydrogens is 266 g/mol. The highest BCUT2D eigenvalue weighted by molar-refractivity contribution is 5.97. The number of ether oxygens (including phenoxy) is 1. The van der Waals surface area contributed by atoms with Crippen LogP contribution in [-0.4, -0.2) is 38.3 Å². The molecule has 5 nitrogen and oxygen atoms in total. The first kappa shape index (κ1) is 15.8. The van der Waals surface area contributed by atoms with Gasteiger partial charge in [-0.1, -0.05) is 26.0 Å². The van der Waals surface area contributed by atoms with Gasteiger partial charge in [0.1, 0.15) is 0 Å². The molecule has 1 saturated heterocycles. The zero-order valence-electron chi connectivity index (χ0n) is 12.8. The quantitative estimate of drug-likeness (QED) is 0.868. The largest absolute Gasteiger partial charge is 0.378 e. The van der Waals surface area contributed by atoms with Crippen LogP contribution < -0.4 is 16.0 Å². The average molecular weight is 291 g/mol. The number of para-hydroxylation sites is 2. The second-order valence-corrected chi connectivity index (χ2v) is 5.84. The zero-order chi connectivity index (χ0) is 15.2. The molecule has 1 atom stereocenters. The van der Waals surface area contributed by atoms with Crippen LogP contribution >= 0.6 is 0 Å². The van der Waals surface area contributed by atoms with Crippen LogP contribution in [0, 0.1) is 5.92 Å². The lowest BCUT2D eigenvalue weighted by Crippen LogP contribution is -2.39. The molecule has 0 saturated carbocycles. The fraction of sp³-hybridized carbons (Fsp3) is 0.562. The van der Waals surface area contributed by atoms with Crippen molar-refractivity contribution in [2.75, 3.05) is 36.5 Å². The van der Waals surface area contributed by atoms with E-state index in [4.69, 9.17) is 10.5 Å². The second kappa shape index (κ2) is 7.43. The summed E-state index contributed by atoms with van der Waals surface area (Å²) in [4.78, 5) is 14.4. The van der Waals surface area contributed by atoms with E-state index in [1.54, 1.807) is 0 Å². The number of carbonyl (C=O) groups is 1. The molecule has 1 fully saturated rings. The lowest BCUT2D eigenvalue weighted by atomic mass is 10.0. The predicted octanol–water partition coefficient (Wildman–Crippen LogP) is 1.84. The summed E-state index contributed by atoms with van der Waals surface area (Å²) in [7, 11) is 0. The number of benzene rings is 1. The summed E-state index contributed by atoms with van der Waals surface area (Å²) < 4.78 is 5.38. The molecule has 1 aliphatic heterocycles. The van der Waals surface area contributed by atoms with Crippen molar-refractivity contribution >= 4 is 17.3 Å². The van der Waals surface area contributed by atoms with Gasteiger partial charge in [-0.25, -0.2) is 0 Å². The summed E-state index contributed by atoms with van der Waals surface area (Å²) in [6.07, 6.45) is 0.686. The average Bonchev–Trinajstić information content (AvgIpc) is 2.48. The topological polar surface area (TPSA) is 67.6 Å². The maximum absolute atomic E-state index is 12.2. The number of nitrogens with zero attached hydrogens (tertiary/aromatic N) is 1. The van der Waals surface area contributed by atoms with Gasteiger partial charge in [0.05, 0.1) is 30.6 Å². The first-order chi connectivity index (χ1) is 10.1. The van der Waals surface area contributed by atoms with Crippen LogP contribution in [0.1, 0.15) is 20.3 Å². The van der Waals surface area contributed by atoms with Gasteiger partial charge in [0.15, 0.2) is 0 Å². The number of nitrogens with two attached hydrogens (primary N) is 1. The molecule has 1 aromatic carbocycles. The number of nitrogens with one attached hydrogen (secondary N) is 1. The Balaban J connectivity index is 2.07. The Morgan fingerprint density at radius 2 is 2.00 bits per heavy atom. The summed E-state index contributed by atoms with van der Waals surface area (Å²) in [6.45, 7) is 7.24. The van der Waals surface area contributed by atoms with Gasteiger partial charge in [0.25, 0.3) is 0 Å². The Labute approximate surface area is 126 Å². The minimum atomic E-state index is -0.470. The number of morpholine rings is 1. The second-order valence-electron chi connectivity index (χ2n) is 5.84. The number of carbonyl (C=O) groups excluding carboxylic acids is 1. The molecule has 1 aliphatic rings. The van der Waals surface area contributed by atoms with Crippen molar-refractivity contribution in [2.24, 2.45) is 11.7 Å². The molecule has 0 spiro atoms. The van der Waals surface area contributed by atoms with E-state index in [0.717, 1.165) is 37.7 Å². The van der Waals surface area contributed by atoms with Crippen molar-refractivity contribution < 1.29 is 9.53 Å². The van der Waals surface area contributed by atoms with Crippen molar-refractivity contribution in [3.05, 3.63) is 24.3 Å². The molecule has 1 amide bonds. The number of rotatable bonds is 5. The van der Waals surface area contributed by atoms with Crippen molar-refractivity contribution in [2.45, 2.75) is 26.3 Å². The number of hydrogen-bond donors (Lipinski definition) is 2. The molecule has 1 aromatic rings. The van der Waals surface area contributed by atoms with Crippen molar-refractivity contribution in [1.29, 1.82) is 0 Å². The van der Waals surface area contributed by atoms with Crippen LogP contribution in [0.25, 0.3) is 0 Å². The standard InChI is InChI=1S/C16H25N3O2/c1-12(2)11-13(17)16(20)18-14-5-3-4-6-15(14)19-7-9-21-10-8-19/h3-6,12-13H,7-11,17H2,1-2H3,(H,18,20)/t13-/m1/s1. The van der Waals surface area contributed by atoms with Gasteiger partial charge < -0.3 is 20.7 Å². The lowest BCUT2D eigenvalue weighted by Gasteiger charge is -2.30. The normalized spacial score (nSPS) is 16.9. The molecule has 0 unspecified atom stereocenters. The monoisotopic (exact) mass is 291 g/mol. The third-order valence-corrected chi connectivity index (χ3v) is 3.58. The molecule has 116 valence electrons. The van der Waals surface area contributed by atoms with Gasteiger partial charge in [-0.3, -0.25) is 4.79 Å². The lowest BCUT2D eigenvalue weighted by molar-refractivity contribution is -0.117. The molecule has 21 heavy (non-hydrogen) atoms. The zero-order valence-corrected chi connectivity index (χ0v) is 12.8. The van der Waals surface area contributed by atoms with Crippen molar-refractivity contribution in [3.8, 4) is 0 Å². The predicted molar refractivity (Wildman–Crippen MR) is 85.5 cm³/mol. The molecule has 5 heteroatoms. The van der Waals surface area contributed by atoms with E-state index < -0.39 is 6.04 Å². The first-order valence-electron chi connectivity index (χ1n) is 7.56. The van der Waals surface area contributed by atoms with E-state index in [9.17, 15) is 4.79 Å². The highest BCUT2D eigenvalue weighted by Crippen LogP contribution is 2.26. The highest BCUT2D eigenvalue weighted by atomic mass is 16.5. The van der Waals surface area contributed by atoms with Crippen LogP contribution in [0.5, 0.6) is 0 Å². The van der Waals surface area contributed by atoms with Gasteiger partial charge >= 0.3 is 0 Å². The third kappa shape index (κ3) is 4.44. The maximum Gasteiger partial charge on any atom is 0.241 e. The highest BCUT2D eigenvalue weighted by Gasteiger charge is 2.19. The molecule has 2 rings (SSSR count). The van der Waals surface area contributed by atoms with E-state index >= 15 is 0 Å². The third-order valence-electron chi connectivity index (χ3n) is 3.58. The molecule has 0 bridgehead atoms. The molecular formula is C16H25N3O2.